The van der Waals surface area contributed by atoms with Crippen molar-refractivity contribution in [2.24, 2.45) is 5.73 Å². The first-order valence-corrected chi connectivity index (χ1v) is 6.95. The molecule has 0 aromatic heterocycles. The molecule has 1 saturated carbocycles. The number of nitriles is 1. The number of amides is 2. The highest BCUT2D eigenvalue weighted by molar-refractivity contribution is 5.89. The molecule has 0 unspecified atom stereocenters. The molecule has 106 valence electrons. The molecule has 0 heterocycles. The van der Waals surface area contributed by atoms with Gasteiger partial charge in [0.2, 0.25) is 0 Å². The Bertz CT molecular complexity index is 515. The van der Waals surface area contributed by atoms with Crippen molar-refractivity contribution in [2.45, 2.75) is 37.6 Å². The number of nitrogens with two attached hydrogens (primary N) is 1. The summed E-state index contributed by atoms with van der Waals surface area (Å²) in [5, 5.41) is 14.3. The van der Waals surface area contributed by atoms with Crippen molar-refractivity contribution in [1.82, 2.24) is 5.32 Å². The molecule has 0 spiro atoms. The van der Waals surface area contributed by atoms with Gasteiger partial charge in [-0.2, -0.15) is 5.26 Å². The first-order chi connectivity index (χ1) is 9.61. The highest BCUT2D eigenvalue weighted by Gasteiger charge is 2.27. The van der Waals surface area contributed by atoms with E-state index in [-0.39, 0.29) is 11.6 Å². The van der Waals surface area contributed by atoms with Crippen LogP contribution in [-0.4, -0.2) is 18.1 Å². The molecular weight excluding hydrogens is 252 g/mol. The van der Waals surface area contributed by atoms with Gasteiger partial charge in [0.15, 0.2) is 0 Å². The number of carbonyl (C=O) groups excluding carboxylic acids is 1. The van der Waals surface area contributed by atoms with Crippen LogP contribution in [0.4, 0.5) is 10.5 Å². The number of nitrogens with one attached hydrogen (secondary N) is 2. The van der Waals surface area contributed by atoms with Gasteiger partial charge in [-0.3, -0.25) is 0 Å². The van der Waals surface area contributed by atoms with Crippen molar-refractivity contribution in [3.63, 3.8) is 0 Å². The molecule has 1 aliphatic carbocycles. The maximum Gasteiger partial charge on any atom is 0.319 e. The molecule has 0 saturated heterocycles. The molecule has 0 aliphatic heterocycles. The summed E-state index contributed by atoms with van der Waals surface area (Å²) in [5.41, 5.74) is 7.11. The van der Waals surface area contributed by atoms with Crippen molar-refractivity contribution in [3.05, 3.63) is 29.8 Å². The zero-order valence-corrected chi connectivity index (χ0v) is 11.5. The normalized spacial score (nSPS) is 17.0. The third-order valence-electron chi connectivity index (χ3n) is 3.70. The SMILES string of the molecule is N#Cc1cccc(NC(=O)NCC2(N)CCCCC2)c1. The summed E-state index contributed by atoms with van der Waals surface area (Å²) in [6.45, 7) is 0.483. The van der Waals surface area contributed by atoms with Gasteiger partial charge in [0.25, 0.3) is 0 Å². The van der Waals surface area contributed by atoms with Crippen molar-refractivity contribution in [2.75, 3.05) is 11.9 Å². The van der Waals surface area contributed by atoms with Crippen LogP contribution < -0.4 is 16.4 Å². The summed E-state index contributed by atoms with van der Waals surface area (Å²) in [6, 6.07) is 8.57. The third kappa shape index (κ3) is 3.97. The van der Waals surface area contributed by atoms with Crippen LogP contribution in [-0.2, 0) is 0 Å². The topological polar surface area (TPSA) is 90.9 Å². The van der Waals surface area contributed by atoms with Crippen LogP contribution >= 0.6 is 0 Å². The minimum Gasteiger partial charge on any atom is -0.336 e. The van der Waals surface area contributed by atoms with Crippen molar-refractivity contribution < 1.29 is 4.79 Å². The largest absolute Gasteiger partial charge is 0.336 e. The fraction of sp³-hybridized carbons (Fsp3) is 0.467. The van der Waals surface area contributed by atoms with E-state index in [4.69, 9.17) is 11.0 Å². The van der Waals surface area contributed by atoms with E-state index in [9.17, 15) is 4.79 Å². The smallest absolute Gasteiger partial charge is 0.319 e. The van der Waals surface area contributed by atoms with Crippen molar-refractivity contribution in [3.8, 4) is 6.07 Å². The number of anilines is 1. The first kappa shape index (κ1) is 14.4. The highest BCUT2D eigenvalue weighted by atomic mass is 16.2. The van der Waals surface area contributed by atoms with Crippen LogP contribution in [0.2, 0.25) is 0 Å². The fourth-order valence-electron chi connectivity index (χ4n) is 2.53. The van der Waals surface area contributed by atoms with Gasteiger partial charge in [0.05, 0.1) is 11.6 Å². The van der Waals surface area contributed by atoms with E-state index in [1.165, 1.54) is 6.42 Å². The number of rotatable bonds is 3. The molecule has 5 nitrogen and oxygen atoms in total. The zero-order chi connectivity index (χ0) is 14.4. The van der Waals surface area contributed by atoms with Gasteiger partial charge in [-0.25, -0.2) is 4.79 Å². The number of carbonyl (C=O) groups is 1. The van der Waals surface area contributed by atoms with Gasteiger partial charge >= 0.3 is 6.03 Å². The van der Waals surface area contributed by atoms with Crippen LogP contribution in [0.3, 0.4) is 0 Å². The van der Waals surface area contributed by atoms with E-state index in [0.29, 0.717) is 17.8 Å². The van der Waals surface area contributed by atoms with E-state index < -0.39 is 0 Å². The maximum atomic E-state index is 11.8. The molecule has 20 heavy (non-hydrogen) atoms. The van der Waals surface area contributed by atoms with Gasteiger partial charge in [0.1, 0.15) is 0 Å². The van der Waals surface area contributed by atoms with Gasteiger partial charge in [-0.05, 0) is 31.0 Å². The standard InChI is InChI=1S/C15H20N4O/c16-10-12-5-4-6-13(9-12)19-14(20)18-11-15(17)7-2-1-3-8-15/h4-6,9H,1-3,7-8,11,17H2,(H2,18,19,20). The quantitative estimate of drug-likeness (QED) is 0.788. The second-order valence-electron chi connectivity index (χ2n) is 5.42. The van der Waals surface area contributed by atoms with E-state index in [2.05, 4.69) is 10.6 Å². The van der Waals surface area contributed by atoms with Crippen LogP contribution in [0.15, 0.2) is 24.3 Å². The number of hydrogen-bond donors (Lipinski definition) is 3. The molecule has 1 aromatic carbocycles. The lowest BCUT2D eigenvalue weighted by atomic mass is 9.82. The van der Waals surface area contributed by atoms with Gasteiger partial charge in [0, 0.05) is 17.8 Å². The monoisotopic (exact) mass is 272 g/mol. The lowest BCUT2D eigenvalue weighted by molar-refractivity contribution is 0.241. The summed E-state index contributed by atoms with van der Waals surface area (Å²) >= 11 is 0. The number of urea groups is 1. The van der Waals surface area contributed by atoms with Crippen molar-refractivity contribution >= 4 is 11.7 Å². The Morgan fingerprint density at radius 2 is 2.10 bits per heavy atom. The zero-order valence-electron chi connectivity index (χ0n) is 11.5. The number of benzene rings is 1. The molecular formula is C15H20N4O. The second kappa shape index (κ2) is 6.40. The molecule has 4 N–H and O–H groups in total. The van der Waals surface area contributed by atoms with Gasteiger partial charge < -0.3 is 16.4 Å². The molecule has 2 rings (SSSR count). The average molecular weight is 272 g/mol. The summed E-state index contributed by atoms with van der Waals surface area (Å²) in [7, 11) is 0. The van der Waals surface area contributed by atoms with E-state index in [0.717, 1.165) is 25.7 Å². The van der Waals surface area contributed by atoms with Gasteiger partial charge in [-0.1, -0.05) is 25.3 Å². The Morgan fingerprint density at radius 1 is 1.35 bits per heavy atom. The predicted octanol–water partition coefficient (Wildman–Crippen LogP) is 2.34. The lowest BCUT2D eigenvalue weighted by Gasteiger charge is -2.33. The molecule has 1 aliphatic rings. The molecule has 1 fully saturated rings. The summed E-state index contributed by atoms with van der Waals surface area (Å²) in [4.78, 5) is 11.8. The Balaban J connectivity index is 1.84. The Kier molecular flexibility index (Phi) is 4.59. The summed E-state index contributed by atoms with van der Waals surface area (Å²) in [6.07, 6.45) is 5.40. The van der Waals surface area contributed by atoms with Crippen LogP contribution in [0.25, 0.3) is 0 Å². The molecule has 1 aromatic rings. The lowest BCUT2D eigenvalue weighted by Crippen LogP contribution is -2.52. The molecule has 2 amide bonds. The predicted molar refractivity (Wildman–Crippen MR) is 78.2 cm³/mol. The molecule has 5 heteroatoms. The van der Waals surface area contributed by atoms with E-state index >= 15 is 0 Å². The fourth-order valence-corrected chi connectivity index (χ4v) is 2.53. The highest BCUT2D eigenvalue weighted by Crippen LogP contribution is 2.25. The van der Waals surface area contributed by atoms with E-state index in [1.807, 2.05) is 6.07 Å². The Morgan fingerprint density at radius 3 is 2.80 bits per heavy atom. The third-order valence-corrected chi connectivity index (χ3v) is 3.70. The van der Waals surface area contributed by atoms with Crippen molar-refractivity contribution in [1.29, 1.82) is 5.26 Å². The first-order valence-electron chi connectivity index (χ1n) is 6.95. The van der Waals surface area contributed by atoms with Crippen LogP contribution in [0.5, 0.6) is 0 Å². The maximum absolute atomic E-state index is 11.8. The summed E-state index contributed by atoms with van der Waals surface area (Å²) < 4.78 is 0. The second-order valence-corrected chi connectivity index (χ2v) is 5.42. The number of hydrogen-bond acceptors (Lipinski definition) is 3. The Hall–Kier alpha value is -2.06. The minimum absolute atomic E-state index is 0.274. The van der Waals surface area contributed by atoms with Gasteiger partial charge in [-0.15, -0.1) is 0 Å². The Labute approximate surface area is 119 Å². The average Bonchev–Trinajstić information content (AvgIpc) is 2.46. The molecule has 0 atom stereocenters. The number of nitrogens with zero attached hydrogens (tertiary/aromatic N) is 1. The summed E-state index contributed by atoms with van der Waals surface area (Å²) in [5.74, 6) is 0. The van der Waals surface area contributed by atoms with E-state index in [1.54, 1.807) is 24.3 Å². The molecule has 0 bridgehead atoms. The molecule has 0 radical (unpaired) electrons. The van der Waals surface area contributed by atoms with Crippen LogP contribution in [0, 0.1) is 11.3 Å². The minimum atomic E-state index is -0.282. The van der Waals surface area contributed by atoms with Crippen LogP contribution in [0.1, 0.15) is 37.7 Å².